The van der Waals surface area contributed by atoms with E-state index < -0.39 is 12.0 Å². The van der Waals surface area contributed by atoms with E-state index in [1.807, 2.05) is 6.07 Å². The van der Waals surface area contributed by atoms with Crippen LogP contribution in [0.4, 0.5) is 0 Å². The lowest BCUT2D eigenvalue weighted by Crippen LogP contribution is -2.36. The molecule has 0 radical (unpaired) electrons. The molecule has 0 bridgehead atoms. The van der Waals surface area contributed by atoms with Crippen molar-refractivity contribution >= 4 is 5.97 Å². The SMILES string of the molecule is N[C@@H](Cc1cnc[nH]1)C(=O)Oc1ccccc1. The van der Waals surface area contributed by atoms with E-state index in [9.17, 15) is 4.79 Å². The lowest BCUT2D eigenvalue weighted by atomic mass is 10.2. The molecule has 0 spiro atoms. The molecule has 1 atom stereocenters. The first kappa shape index (κ1) is 11.3. The summed E-state index contributed by atoms with van der Waals surface area (Å²) >= 11 is 0. The van der Waals surface area contributed by atoms with Gasteiger partial charge in [0, 0.05) is 18.3 Å². The maximum atomic E-state index is 11.7. The molecule has 1 aromatic carbocycles. The van der Waals surface area contributed by atoms with Crippen molar-refractivity contribution in [1.82, 2.24) is 9.97 Å². The molecule has 1 aromatic heterocycles. The number of para-hydroxylation sites is 1. The van der Waals surface area contributed by atoms with Gasteiger partial charge in [0.05, 0.1) is 6.33 Å². The van der Waals surface area contributed by atoms with Crippen LogP contribution in [0.25, 0.3) is 0 Å². The maximum absolute atomic E-state index is 11.7. The van der Waals surface area contributed by atoms with Gasteiger partial charge in [0.25, 0.3) is 0 Å². The summed E-state index contributed by atoms with van der Waals surface area (Å²) in [4.78, 5) is 18.4. The number of aromatic nitrogens is 2. The van der Waals surface area contributed by atoms with E-state index in [0.29, 0.717) is 12.2 Å². The van der Waals surface area contributed by atoms with E-state index in [0.717, 1.165) is 5.69 Å². The summed E-state index contributed by atoms with van der Waals surface area (Å²) in [5, 5.41) is 0. The Labute approximate surface area is 98.6 Å². The van der Waals surface area contributed by atoms with Crippen molar-refractivity contribution in [2.45, 2.75) is 12.5 Å². The number of hydrogen-bond donors (Lipinski definition) is 2. The fraction of sp³-hybridized carbons (Fsp3) is 0.167. The summed E-state index contributed by atoms with van der Waals surface area (Å²) in [6.07, 6.45) is 3.56. The first-order valence-corrected chi connectivity index (χ1v) is 5.25. The van der Waals surface area contributed by atoms with E-state index in [1.165, 1.54) is 0 Å². The van der Waals surface area contributed by atoms with Gasteiger partial charge in [-0.15, -0.1) is 0 Å². The van der Waals surface area contributed by atoms with Crippen LogP contribution in [0, 0.1) is 0 Å². The molecule has 2 aromatic rings. The van der Waals surface area contributed by atoms with Gasteiger partial charge in [0.15, 0.2) is 0 Å². The number of rotatable bonds is 4. The van der Waals surface area contributed by atoms with Gasteiger partial charge in [-0.3, -0.25) is 0 Å². The van der Waals surface area contributed by atoms with Crippen LogP contribution < -0.4 is 10.5 Å². The van der Waals surface area contributed by atoms with Crippen LogP contribution in [0.5, 0.6) is 5.75 Å². The third-order valence-electron chi connectivity index (χ3n) is 2.26. The largest absolute Gasteiger partial charge is 0.425 e. The minimum absolute atomic E-state index is 0.381. The highest BCUT2D eigenvalue weighted by Gasteiger charge is 2.16. The topological polar surface area (TPSA) is 81.0 Å². The molecule has 2 rings (SSSR count). The zero-order valence-electron chi connectivity index (χ0n) is 9.17. The monoisotopic (exact) mass is 231 g/mol. The van der Waals surface area contributed by atoms with E-state index >= 15 is 0 Å². The van der Waals surface area contributed by atoms with Gasteiger partial charge in [-0.2, -0.15) is 0 Å². The molecule has 0 amide bonds. The molecule has 0 aliphatic rings. The molecule has 0 fully saturated rings. The summed E-state index contributed by atoms with van der Waals surface area (Å²) in [6, 6.07) is 8.16. The van der Waals surface area contributed by atoms with E-state index in [-0.39, 0.29) is 0 Å². The Balaban J connectivity index is 1.92. The van der Waals surface area contributed by atoms with Gasteiger partial charge in [-0.1, -0.05) is 18.2 Å². The molecule has 5 heteroatoms. The Hall–Kier alpha value is -2.14. The van der Waals surface area contributed by atoms with Gasteiger partial charge in [0.1, 0.15) is 11.8 Å². The first-order chi connectivity index (χ1) is 8.25. The van der Waals surface area contributed by atoms with Crippen LogP contribution in [0.15, 0.2) is 42.9 Å². The van der Waals surface area contributed by atoms with Crippen LogP contribution in [0.1, 0.15) is 5.69 Å². The number of esters is 1. The number of H-pyrrole nitrogens is 1. The van der Waals surface area contributed by atoms with E-state index in [2.05, 4.69) is 9.97 Å². The summed E-state index contributed by atoms with van der Waals surface area (Å²) in [5.41, 5.74) is 6.54. The fourth-order valence-corrected chi connectivity index (χ4v) is 1.40. The zero-order chi connectivity index (χ0) is 12.1. The Morgan fingerprint density at radius 3 is 2.82 bits per heavy atom. The lowest BCUT2D eigenvalue weighted by molar-refractivity contribution is -0.135. The lowest BCUT2D eigenvalue weighted by Gasteiger charge is -2.09. The van der Waals surface area contributed by atoms with Crippen molar-refractivity contribution in [2.24, 2.45) is 5.73 Å². The molecule has 3 N–H and O–H groups in total. The van der Waals surface area contributed by atoms with E-state index in [1.54, 1.807) is 36.8 Å². The summed E-state index contributed by atoms with van der Waals surface area (Å²) in [7, 11) is 0. The average Bonchev–Trinajstić information content (AvgIpc) is 2.83. The van der Waals surface area contributed by atoms with Crippen molar-refractivity contribution in [3.05, 3.63) is 48.5 Å². The number of imidazole rings is 1. The molecule has 1 heterocycles. The Bertz CT molecular complexity index is 468. The molecule has 17 heavy (non-hydrogen) atoms. The number of carbonyl (C=O) groups is 1. The summed E-state index contributed by atoms with van der Waals surface area (Å²) in [5.74, 6) is 0.0448. The highest BCUT2D eigenvalue weighted by Crippen LogP contribution is 2.09. The highest BCUT2D eigenvalue weighted by molar-refractivity contribution is 5.78. The number of aromatic amines is 1. The number of ether oxygens (including phenoxy) is 1. The second-order valence-corrected chi connectivity index (χ2v) is 3.62. The summed E-state index contributed by atoms with van der Waals surface area (Å²) < 4.78 is 5.13. The number of hydrogen-bond acceptors (Lipinski definition) is 4. The average molecular weight is 231 g/mol. The van der Waals surface area contributed by atoms with Crippen LogP contribution in [0.3, 0.4) is 0 Å². The van der Waals surface area contributed by atoms with Crippen molar-refractivity contribution in [2.75, 3.05) is 0 Å². The number of benzene rings is 1. The molecule has 0 unspecified atom stereocenters. The third kappa shape index (κ3) is 3.15. The van der Waals surface area contributed by atoms with Gasteiger partial charge >= 0.3 is 5.97 Å². The predicted octanol–water partition coefficient (Wildman–Crippen LogP) is 0.885. The molecule has 0 saturated carbocycles. The van der Waals surface area contributed by atoms with Gasteiger partial charge in [-0.05, 0) is 12.1 Å². The number of nitrogens with one attached hydrogen (secondary N) is 1. The Morgan fingerprint density at radius 1 is 1.41 bits per heavy atom. The third-order valence-corrected chi connectivity index (χ3v) is 2.26. The van der Waals surface area contributed by atoms with Gasteiger partial charge < -0.3 is 15.5 Å². The van der Waals surface area contributed by atoms with Gasteiger partial charge in [-0.25, -0.2) is 9.78 Å². The highest BCUT2D eigenvalue weighted by atomic mass is 16.5. The Kier molecular flexibility index (Phi) is 3.52. The second kappa shape index (κ2) is 5.27. The Morgan fingerprint density at radius 2 is 2.18 bits per heavy atom. The van der Waals surface area contributed by atoms with Crippen LogP contribution >= 0.6 is 0 Å². The zero-order valence-corrected chi connectivity index (χ0v) is 9.17. The van der Waals surface area contributed by atoms with Crippen molar-refractivity contribution in [3.63, 3.8) is 0 Å². The van der Waals surface area contributed by atoms with Crippen molar-refractivity contribution < 1.29 is 9.53 Å². The minimum Gasteiger partial charge on any atom is -0.425 e. The smallest absolute Gasteiger partial charge is 0.328 e. The maximum Gasteiger partial charge on any atom is 0.328 e. The summed E-state index contributed by atoms with van der Waals surface area (Å²) in [6.45, 7) is 0. The van der Waals surface area contributed by atoms with Crippen LogP contribution in [-0.2, 0) is 11.2 Å². The second-order valence-electron chi connectivity index (χ2n) is 3.62. The minimum atomic E-state index is -0.698. The quantitative estimate of drug-likeness (QED) is 0.604. The molecule has 0 saturated heterocycles. The molecule has 0 aliphatic carbocycles. The predicted molar refractivity (Wildman–Crippen MR) is 62.3 cm³/mol. The molecular formula is C12H13N3O2. The van der Waals surface area contributed by atoms with E-state index in [4.69, 9.17) is 10.5 Å². The number of carbonyl (C=O) groups excluding carboxylic acids is 1. The van der Waals surface area contributed by atoms with Gasteiger partial charge in [0.2, 0.25) is 0 Å². The first-order valence-electron chi connectivity index (χ1n) is 5.25. The standard InChI is InChI=1S/C12H13N3O2/c13-11(6-9-7-14-8-15-9)12(16)17-10-4-2-1-3-5-10/h1-5,7-8,11H,6,13H2,(H,14,15)/t11-/m0/s1. The molecule has 88 valence electrons. The molecular weight excluding hydrogens is 218 g/mol. The molecule has 5 nitrogen and oxygen atoms in total. The van der Waals surface area contributed by atoms with Crippen molar-refractivity contribution in [3.8, 4) is 5.75 Å². The fourth-order valence-electron chi connectivity index (χ4n) is 1.40. The van der Waals surface area contributed by atoms with Crippen molar-refractivity contribution in [1.29, 1.82) is 0 Å². The normalized spacial score (nSPS) is 12.1. The number of nitrogens with zero attached hydrogens (tertiary/aromatic N) is 1. The van der Waals surface area contributed by atoms with Crippen LogP contribution in [-0.4, -0.2) is 22.0 Å². The van der Waals surface area contributed by atoms with Crippen LogP contribution in [0.2, 0.25) is 0 Å². The molecule has 0 aliphatic heterocycles. The number of nitrogens with two attached hydrogens (primary N) is 1.